The molecule has 3 aromatic heterocycles. The molecular weight excluding hydrogens is 1460 g/mol. The first-order valence-electron chi connectivity index (χ1n) is 35.8. The molecule has 0 unspecified atom stereocenters. The van der Waals surface area contributed by atoms with Gasteiger partial charge in [-0.25, -0.2) is 9.78 Å². The predicted octanol–water partition coefficient (Wildman–Crippen LogP) is 0.0894. The van der Waals surface area contributed by atoms with Crippen LogP contribution in [0.25, 0.3) is 21.8 Å². The highest BCUT2D eigenvalue weighted by Crippen LogP contribution is 2.26. The van der Waals surface area contributed by atoms with Crippen LogP contribution in [0, 0.1) is 29.6 Å². The van der Waals surface area contributed by atoms with Gasteiger partial charge in [0.15, 0.2) is 6.04 Å². The zero-order chi connectivity index (χ0) is 80.5. The van der Waals surface area contributed by atoms with E-state index in [0.717, 1.165) is 28.5 Å². The molecule has 4 heterocycles. The van der Waals surface area contributed by atoms with Gasteiger partial charge in [0.1, 0.15) is 60.4 Å². The van der Waals surface area contributed by atoms with E-state index in [1.165, 1.54) is 19.4 Å². The molecule has 35 nitrogen and oxygen atoms in total. The molecule has 5 aromatic rings. The Morgan fingerprint density at radius 3 is 1.57 bits per heavy atom. The molecule has 1 aliphatic heterocycles. The standard InChI is InChI=1S/C72H100N16O19S2/c1-34(2)21-49-63(97)76-30-56(90)79-48(19-20-57(91)92)64(98)82-50(22-35(3)4)68(102)87-59(37(7)8)71(105)84-52(24-41-28-75-47-18-14-12-16-44(41)47)66(100)86-55(70(104)88-60(39(10)89)72(106)107)32-109-108-31-54(85-62(96)45(36(5)6)26-58(93)94)69(103)78-38(9)61(95)80-51(23-40-27-74-46-17-13-11-15-43(40)46)65(99)83-53(67(101)81-49)25-42-29-73-33-77-42/h11-18,27-29,33-39,45,48-55,59-60,74-75,89H,19-26,30-32H2,1-10H3,(H,73,77)(H,76,97)(H,78,103)(H,79,90)(H,80,95)(H,81,101)(H,82,98)(H,83,99)(H,84,105)(H,85,96)(H,86,100)(H,87,102)(H,88,104)(H,91,92)(H,93,94)(H,106,107)/t38-,39+,45+,48-,49-,50-,51-,52-,53-,54-,55-,59-,60-/m0/s1. The number of H-pyrrole nitrogens is 3. The maximum Gasteiger partial charge on any atom is 0.328 e. The molecule has 12 amide bonds. The van der Waals surface area contributed by atoms with Gasteiger partial charge in [-0.3, -0.25) is 67.1 Å². The van der Waals surface area contributed by atoms with Crippen molar-refractivity contribution in [2.75, 3.05) is 18.1 Å². The number of carboxylic acid groups (broad SMARTS) is 3. The first-order valence-corrected chi connectivity index (χ1v) is 38.3. The van der Waals surface area contributed by atoms with Crippen molar-refractivity contribution in [3.05, 3.63) is 90.3 Å². The quantitative estimate of drug-likeness (QED) is 0.0385. The summed E-state index contributed by atoms with van der Waals surface area (Å²) in [4.78, 5) is 224. The van der Waals surface area contributed by atoms with Gasteiger partial charge in [0.2, 0.25) is 70.9 Å². The number of aromatic nitrogens is 4. The minimum absolute atomic E-state index is 0.0417. The number of rotatable bonds is 23. The van der Waals surface area contributed by atoms with Crippen LogP contribution in [-0.2, 0) is 91.2 Å². The molecule has 2 aromatic carbocycles. The number of carbonyl (C=O) groups excluding carboxylic acids is 12. The second kappa shape index (κ2) is 41.7. The lowest BCUT2D eigenvalue weighted by atomic mass is 9.91. The fourth-order valence-electron chi connectivity index (χ4n) is 11.9. The molecule has 594 valence electrons. The third kappa shape index (κ3) is 27.0. The molecule has 6 rings (SSSR count). The summed E-state index contributed by atoms with van der Waals surface area (Å²) < 4.78 is 0. The summed E-state index contributed by atoms with van der Waals surface area (Å²) in [7, 11) is 1.63. The number of aromatic amines is 3. The van der Waals surface area contributed by atoms with Crippen LogP contribution in [0.5, 0.6) is 0 Å². The Morgan fingerprint density at radius 1 is 0.550 bits per heavy atom. The van der Waals surface area contributed by atoms with Gasteiger partial charge in [-0.15, -0.1) is 0 Å². The molecule has 1 saturated heterocycles. The summed E-state index contributed by atoms with van der Waals surface area (Å²) in [5.41, 5.74) is 2.60. The van der Waals surface area contributed by atoms with E-state index < -0.39 is 216 Å². The third-order valence-electron chi connectivity index (χ3n) is 17.9. The lowest BCUT2D eigenvalue weighted by molar-refractivity contribution is -0.145. The Hall–Kier alpha value is -10.6. The molecule has 13 atom stereocenters. The van der Waals surface area contributed by atoms with Crippen molar-refractivity contribution in [1.82, 2.24) is 83.7 Å². The number of hydrogen-bond acceptors (Lipinski definition) is 19. The van der Waals surface area contributed by atoms with E-state index in [-0.39, 0.29) is 43.9 Å². The Kier molecular flexibility index (Phi) is 33.4. The van der Waals surface area contributed by atoms with Gasteiger partial charge < -0.3 is 99.2 Å². The summed E-state index contributed by atoms with van der Waals surface area (Å²) in [5, 5.41) is 72.3. The number of hydrogen-bond donors (Lipinski definition) is 19. The number of aliphatic hydroxyl groups is 1. The zero-order valence-electron chi connectivity index (χ0n) is 62.2. The zero-order valence-corrected chi connectivity index (χ0v) is 63.8. The second-order valence-electron chi connectivity index (χ2n) is 28.4. The van der Waals surface area contributed by atoms with Crippen LogP contribution in [-0.4, -0.2) is 220 Å². The lowest BCUT2D eigenvalue weighted by Crippen LogP contribution is -2.61. The number of imidazole rings is 1. The van der Waals surface area contributed by atoms with Gasteiger partial charge >= 0.3 is 17.9 Å². The number of carbonyl (C=O) groups is 15. The van der Waals surface area contributed by atoms with E-state index >= 15 is 4.79 Å². The van der Waals surface area contributed by atoms with Crippen LogP contribution < -0.4 is 63.8 Å². The number of nitrogens with one attached hydrogen (secondary N) is 15. The van der Waals surface area contributed by atoms with Crippen molar-refractivity contribution < 1.29 is 92.3 Å². The second-order valence-corrected chi connectivity index (χ2v) is 31.0. The van der Waals surface area contributed by atoms with E-state index in [4.69, 9.17) is 0 Å². The summed E-state index contributed by atoms with van der Waals surface area (Å²) in [6, 6.07) is -3.63. The van der Waals surface area contributed by atoms with Crippen molar-refractivity contribution in [1.29, 1.82) is 0 Å². The van der Waals surface area contributed by atoms with Gasteiger partial charge in [0, 0.05) is 83.3 Å². The van der Waals surface area contributed by atoms with Crippen LogP contribution >= 0.6 is 21.6 Å². The molecule has 0 bridgehead atoms. The Labute approximate surface area is 636 Å². The monoisotopic (exact) mass is 1560 g/mol. The van der Waals surface area contributed by atoms with Crippen LogP contribution in [0.1, 0.15) is 118 Å². The van der Waals surface area contributed by atoms with Crippen LogP contribution in [0.3, 0.4) is 0 Å². The number of aliphatic carboxylic acids is 3. The molecule has 0 aliphatic carbocycles. The Bertz CT molecular complexity index is 4050. The average Bonchev–Trinajstić information content (AvgIpc) is 1.71. The van der Waals surface area contributed by atoms with Crippen molar-refractivity contribution in [2.24, 2.45) is 29.6 Å². The van der Waals surface area contributed by atoms with Gasteiger partial charge in [0.05, 0.1) is 31.3 Å². The minimum atomic E-state index is -1.94. The molecular formula is C72H100N16O19S2. The fraction of sp³-hybridized carbons (Fsp3) is 0.528. The van der Waals surface area contributed by atoms with E-state index in [1.54, 1.807) is 116 Å². The summed E-state index contributed by atoms with van der Waals surface area (Å²) in [6.07, 6.45) is 1.37. The lowest BCUT2D eigenvalue weighted by Gasteiger charge is -2.29. The van der Waals surface area contributed by atoms with Gasteiger partial charge in [-0.05, 0) is 80.0 Å². The number of nitrogens with zero attached hydrogens (tertiary/aromatic N) is 1. The molecule has 0 spiro atoms. The van der Waals surface area contributed by atoms with Crippen molar-refractivity contribution in [2.45, 2.75) is 193 Å². The van der Waals surface area contributed by atoms with Crippen LogP contribution in [0.15, 0.2) is 73.4 Å². The topological polar surface area (TPSA) is 542 Å². The van der Waals surface area contributed by atoms with Crippen LogP contribution in [0.2, 0.25) is 0 Å². The number of fused-ring (bicyclic) bond motifs is 2. The van der Waals surface area contributed by atoms with E-state index in [1.807, 2.05) is 0 Å². The largest absolute Gasteiger partial charge is 0.481 e. The highest BCUT2D eigenvalue weighted by atomic mass is 33.1. The molecule has 1 fully saturated rings. The van der Waals surface area contributed by atoms with Gasteiger partial charge in [0.25, 0.3) is 0 Å². The van der Waals surface area contributed by atoms with E-state index in [9.17, 15) is 87.5 Å². The predicted molar refractivity (Wildman–Crippen MR) is 402 cm³/mol. The van der Waals surface area contributed by atoms with E-state index in [2.05, 4.69) is 83.7 Å². The molecule has 109 heavy (non-hydrogen) atoms. The SMILES string of the molecule is CC(C)C[C@@H]1NC(=O)[C@H](Cc2cnc[nH]2)NC(=O)[C@H](Cc2c[nH]c3ccccc23)NC(=O)[C@H](C)NC(=O)[C@@H](NC(=O)[C@H](CC(=O)O)C(C)C)CSSC[C@@H](C(=O)N[C@H](C(=O)O)[C@@H](C)O)NC(=O)[C@H](Cc2c[nH]c3ccccc23)NC(=O)[C@H](C(C)C)NC(=O)[C@H](CC(C)C)NC(=O)[C@H](CCC(=O)O)NC(=O)CNC1=O. The number of benzene rings is 2. The third-order valence-corrected chi connectivity index (χ3v) is 20.3. The van der Waals surface area contributed by atoms with Gasteiger partial charge in [-0.2, -0.15) is 0 Å². The Balaban J connectivity index is 1.45. The molecule has 1 aliphatic rings. The Morgan fingerprint density at radius 2 is 1.06 bits per heavy atom. The summed E-state index contributed by atoms with van der Waals surface area (Å²) in [6.45, 7) is 14.7. The number of amides is 12. The first kappa shape index (κ1) is 87.4. The number of carboxylic acids is 3. The number of para-hydroxylation sites is 2. The minimum Gasteiger partial charge on any atom is -0.481 e. The van der Waals surface area contributed by atoms with Crippen molar-refractivity contribution >= 4 is 132 Å². The smallest absolute Gasteiger partial charge is 0.328 e. The summed E-state index contributed by atoms with van der Waals surface area (Å²) >= 11 is 0. The maximum absolute atomic E-state index is 15.1. The average molecular weight is 1560 g/mol. The summed E-state index contributed by atoms with van der Waals surface area (Å²) in [5.74, 6) is -20.3. The van der Waals surface area contributed by atoms with E-state index in [0.29, 0.717) is 38.6 Å². The molecule has 37 heteroatoms. The highest BCUT2D eigenvalue weighted by molar-refractivity contribution is 8.76. The number of aliphatic hydroxyl groups excluding tert-OH is 1. The van der Waals surface area contributed by atoms with Crippen molar-refractivity contribution in [3.63, 3.8) is 0 Å². The van der Waals surface area contributed by atoms with Crippen molar-refractivity contribution in [3.8, 4) is 0 Å². The highest BCUT2D eigenvalue weighted by Gasteiger charge is 2.39. The first-order chi connectivity index (χ1) is 51.5. The molecule has 19 N–H and O–H groups in total. The van der Waals surface area contributed by atoms with Crippen LogP contribution in [0.4, 0.5) is 0 Å². The molecule has 0 saturated carbocycles. The van der Waals surface area contributed by atoms with Gasteiger partial charge in [-0.1, -0.05) is 113 Å². The maximum atomic E-state index is 15.1. The normalized spacial score (nSPS) is 23.1. The fourth-order valence-corrected chi connectivity index (χ4v) is 14.2. The molecule has 0 radical (unpaired) electrons.